The van der Waals surface area contributed by atoms with E-state index in [0.717, 1.165) is 12.8 Å². The van der Waals surface area contributed by atoms with E-state index in [0.29, 0.717) is 18.7 Å². The molecule has 0 unspecified atom stereocenters. The molecule has 1 aromatic heterocycles. The number of aliphatic hydroxyl groups excluding tert-OH is 1. The average Bonchev–Trinajstić information content (AvgIpc) is 2.90. The summed E-state index contributed by atoms with van der Waals surface area (Å²) < 4.78 is 5.74. The summed E-state index contributed by atoms with van der Waals surface area (Å²) in [5.41, 5.74) is 0.558. The number of aromatic nitrogens is 2. The summed E-state index contributed by atoms with van der Waals surface area (Å²) in [5.74, 6) is 0.128. The topological polar surface area (TPSA) is 75.6 Å². The third kappa shape index (κ3) is 2.21. The van der Waals surface area contributed by atoms with Crippen molar-refractivity contribution in [1.82, 2.24) is 15.1 Å². The Morgan fingerprint density at radius 3 is 3.11 bits per heavy atom. The van der Waals surface area contributed by atoms with Gasteiger partial charge in [-0.2, -0.15) is 10.2 Å². The number of hydrogen-bond donors (Lipinski definition) is 1. The van der Waals surface area contributed by atoms with Gasteiger partial charge in [0.25, 0.3) is 5.91 Å². The number of hydrogen-bond acceptors (Lipinski definition) is 5. The van der Waals surface area contributed by atoms with Crippen molar-refractivity contribution >= 4 is 5.91 Å². The van der Waals surface area contributed by atoms with Crippen molar-refractivity contribution in [1.29, 1.82) is 0 Å². The lowest BCUT2D eigenvalue weighted by molar-refractivity contribution is -0.0694. The standard InChI is InChI=1S/C13H17N3O3/c17-8-10-1-2-11-12(10)19-6-5-16(11)13(18)9-3-4-14-15-7-9/h3-4,7,10-12,17H,1-2,5-6,8H2/t10-,11+,12-/m1/s1. The van der Waals surface area contributed by atoms with Gasteiger partial charge >= 0.3 is 0 Å². The molecule has 0 aromatic carbocycles. The van der Waals surface area contributed by atoms with Gasteiger partial charge in [-0.1, -0.05) is 0 Å². The smallest absolute Gasteiger partial charge is 0.255 e. The van der Waals surface area contributed by atoms with Gasteiger partial charge in [-0.3, -0.25) is 4.79 Å². The van der Waals surface area contributed by atoms with Gasteiger partial charge in [0.2, 0.25) is 0 Å². The summed E-state index contributed by atoms with van der Waals surface area (Å²) >= 11 is 0. The highest BCUT2D eigenvalue weighted by atomic mass is 16.5. The summed E-state index contributed by atoms with van der Waals surface area (Å²) in [6, 6.07) is 1.75. The molecule has 3 atom stereocenters. The monoisotopic (exact) mass is 263 g/mol. The van der Waals surface area contributed by atoms with Crippen LogP contribution in [0.15, 0.2) is 18.5 Å². The number of carbonyl (C=O) groups excluding carboxylic acids is 1. The quantitative estimate of drug-likeness (QED) is 0.818. The van der Waals surface area contributed by atoms with E-state index >= 15 is 0 Å². The van der Waals surface area contributed by atoms with Crippen molar-refractivity contribution in [2.75, 3.05) is 19.8 Å². The first kappa shape index (κ1) is 12.5. The first-order valence-electron chi connectivity index (χ1n) is 6.61. The van der Waals surface area contributed by atoms with Crippen LogP contribution in [0.3, 0.4) is 0 Å². The Hall–Kier alpha value is -1.53. The molecular formula is C13H17N3O3. The van der Waals surface area contributed by atoms with Crippen LogP contribution in [-0.4, -0.2) is 58.0 Å². The minimum Gasteiger partial charge on any atom is -0.396 e. The van der Waals surface area contributed by atoms with E-state index in [1.165, 1.54) is 12.4 Å². The molecule has 1 aromatic rings. The van der Waals surface area contributed by atoms with Crippen molar-refractivity contribution < 1.29 is 14.6 Å². The fourth-order valence-corrected chi connectivity index (χ4v) is 3.09. The Morgan fingerprint density at radius 1 is 1.47 bits per heavy atom. The van der Waals surface area contributed by atoms with Crippen molar-refractivity contribution in [2.24, 2.45) is 5.92 Å². The molecule has 1 saturated carbocycles. The Labute approximate surface area is 111 Å². The maximum Gasteiger partial charge on any atom is 0.255 e. The highest BCUT2D eigenvalue weighted by molar-refractivity contribution is 5.94. The molecule has 1 saturated heterocycles. The summed E-state index contributed by atoms with van der Waals surface area (Å²) in [7, 11) is 0. The normalized spacial score (nSPS) is 30.2. The molecular weight excluding hydrogens is 246 g/mol. The summed E-state index contributed by atoms with van der Waals surface area (Å²) in [6.07, 6.45) is 4.78. The average molecular weight is 263 g/mol. The number of ether oxygens (including phenoxy) is 1. The Bertz CT molecular complexity index is 454. The minimum atomic E-state index is -0.0301. The lowest BCUT2D eigenvalue weighted by Gasteiger charge is -2.39. The predicted molar refractivity (Wildman–Crippen MR) is 66.4 cm³/mol. The molecule has 0 bridgehead atoms. The maximum atomic E-state index is 12.5. The van der Waals surface area contributed by atoms with Gasteiger partial charge in [-0.25, -0.2) is 0 Å². The zero-order chi connectivity index (χ0) is 13.2. The number of rotatable bonds is 2. The van der Waals surface area contributed by atoms with Crippen molar-refractivity contribution in [2.45, 2.75) is 25.0 Å². The molecule has 0 spiro atoms. The highest BCUT2D eigenvalue weighted by Crippen LogP contribution is 2.34. The molecule has 1 amide bonds. The van der Waals surface area contributed by atoms with E-state index in [2.05, 4.69) is 10.2 Å². The third-order valence-electron chi connectivity index (χ3n) is 4.05. The third-order valence-corrected chi connectivity index (χ3v) is 4.05. The molecule has 3 rings (SSSR count). The van der Waals surface area contributed by atoms with Gasteiger partial charge < -0.3 is 14.7 Å². The van der Waals surface area contributed by atoms with Crippen LogP contribution in [0.5, 0.6) is 0 Å². The first-order valence-corrected chi connectivity index (χ1v) is 6.61. The van der Waals surface area contributed by atoms with Gasteiger partial charge in [0, 0.05) is 19.1 Å². The zero-order valence-electron chi connectivity index (χ0n) is 10.6. The largest absolute Gasteiger partial charge is 0.396 e. The van der Waals surface area contributed by atoms with Gasteiger partial charge in [-0.15, -0.1) is 0 Å². The second-order valence-corrected chi connectivity index (χ2v) is 5.05. The maximum absolute atomic E-state index is 12.5. The van der Waals surface area contributed by atoms with Crippen LogP contribution < -0.4 is 0 Å². The van der Waals surface area contributed by atoms with Crippen LogP contribution in [0.25, 0.3) is 0 Å². The van der Waals surface area contributed by atoms with Crippen LogP contribution >= 0.6 is 0 Å². The molecule has 1 aliphatic carbocycles. The van der Waals surface area contributed by atoms with Crippen LogP contribution in [0.4, 0.5) is 0 Å². The van der Waals surface area contributed by atoms with E-state index in [1.54, 1.807) is 6.07 Å². The van der Waals surface area contributed by atoms with Crippen molar-refractivity contribution in [3.8, 4) is 0 Å². The van der Waals surface area contributed by atoms with Crippen LogP contribution in [-0.2, 0) is 4.74 Å². The molecule has 2 aliphatic rings. The molecule has 2 heterocycles. The number of carbonyl (C=O) groups is 1. The number of amides is 1. The molecule has 6 heteroatoms. The Balaban J connectivity index is 1.79. The second kappa shape index (κ2) is 5.22. The molecule has 1 N–H and O–H groups in total. The highest BCUT2D eigenvalue weighted by Gasteiger charge is 2.44. The van der Waals surface area contributed by atoms with Gasteiger partial charge in [0.15, 0.2) is 0 Å². The van der Waals surface area contributed by atoms with E-state index in [-0.39, 0.29) is 30.6 Å². The van der Waals surface area contributed by atoms with Gasteiger partial charge in [0.1, 0.15) is 0 Å². The molecule has 6 nitrogen and oxygen atoms in total. The van der Waals surface area contributed by atoms with E-state index in [1.807, 2.05) is 4.90 Å². The molecule has 19 heavy (non-hydrogen) atoms. The SMILES string of the molecule is O=C(c1ccnnc1)N1CCO[C@@H]2[C@@H](CO)CC[C@@H]21. The Kier molecular flexibility index (Phi) is 3.44. The van der Waals surface area contributed by atoms with Crippen LogP contribution in [0.1, 0.15) is 23.2 Å². The minimum absolute atomic E-state index is 0.0215. The predicted octanol–water partition coefficient (Wildman–Crippen LogP) is 0.0885. The number of aliphatic hydroxyl groups is 1. The first-order chi connectivity index (χ1) is 9.31. The van der Waals surface area contributed by atoms with Crippen molar-refractivity contribution in [3.63, 3.8) is 0 Å². The zero-order valence-corrected chi connectivity index (χ0v) is 10.6. The molecule has 0 radical (unpaired) electrons. The summed E-state index contributed by atoms with van der Waals surface area (Å²) in [4.78, 5) is 14.3. The van der Waals surface area contributed by atoms with Crippen LogP contribution in [0, 0.1) is 5.92 Å². The van der Waals surface area contributed by atoms with E-state index in [4.69, 9.17) is 4.74 Å². The van der Waals surface area contributed by atoms with Crippen LogP contribution in [0.2, 0.25) is 0 Å². The van der Waals surface area contributed by atoms with E-state index in [9.17, 15) is 9.90 Å². The second-order valence-electron chi connectivity index (χ2n) is 5.05. The molecule has 2 fully saturated rings. The van der Waals surface area contributed by atoms with Crippen molar-refractivity contribution in [3.05, 3.63) is 24.0 Å². The number of fused-ring (bicyclic) bond motifs is 1. The summed E-state index contributed by atoms with van der Waals surface area (Å²) in [5, 5.41) is 16.8. The lowest BCUT2D eigenvalue weighted by Crippen LogP contribution is -2.53. The lowest BCUT2D eigenvalue weighted by atomic mass is 10.0. The fourth-order valence-electron chi connectivity index (χ4n) is 3.09. The van der Waals surface area contributed by atoms with Gasteiger partial charge in [0.05, 0.1) is 36.7 Å². The fraction of sp³-hybridized carbons (Fsp3) is 0.615. The summed E-state index contributed by atoms with van der Waals surface area (Å²) in [6.45, 7) is 1.25. The molecule has 1 aliphatic heterocycles. The molecule has 102 valence electrons. The van der Waals surface area contributed by atoms with Gasteiger partial charge in [-0.05, 0) is 18.9 Å². The van der Waals surface area contributed by atoms with E-state index < -0.39 is 0 Å². The Morgan fingerprint density at radius 2 is 2.37 bits per heavy atom. The number of nitrogens with zero attached hydrogens (tertiary/aromatic N) is 3. The number of morpholine rings is 1.